The van der Waals surface area contributed by atoms with Crippen molar-refractivity contribution < 1.29 is 9.53 Å². The minimum atomic E-state index is -0.287. The quantitative estimate of drug-likeness (QED) is 0.726. The van der Waals surface area contributed by atoms with Crippen molar-refractivity contribution in [3.63, 3.8) is 0 Å². The van der Waals surface area contributed by atoms with Crippen molar-refractivity contribution in [2.24, 2.45) is 0 Å². The minimum Gasteiger partial charge on any atom is -0.466 e. The maximum absolute atomic E-state index is 11.3. The van der Waals surface area contributed by atoms with E-state index in [1.165, 1.54) is 0 Å². The highest BCUT2D eigenvalue weighted by molar-refractivity contribution is 5.74. The van der Waals surface area contributed by atoms with E-state index in [0.29, 0.717) is 18.1 Å². The lowest BCUT2D eigenvalue weighted by atomic mass is 10.3. The predicted octanol–water partition coefficient (Wildman–Crippen LogP) is 0.386. The Morgan fingerprint density at radius 1 is 1.69 bits per heavy atom. The number of hydrogen-bond acceptors (Lipinski definition) is 5. The van der Waals surface area contributed by atoms with Gasteiger partial charge in [-0.2, -0.15) is 0 Å². The van der Waals surface area contributed by atoms with Crippen molar-refractivity contribution in [2.75, 3.05) is 24.2 Å². The van der Waals surface area contributed by atoms with Gasteiger partial charge in [-0.15, -0.1) is 0 Å². The number of imidazole rings is 1. The fourth-order valence-corrected chi connectivity index (χ4v) is 1.79. The Morgan fingerprint density at radius 3 is 3.19 bits per heavy atom. The molecule has 0 saturated heterocycles. The van der Waals surface area contributed by atoms with Gasteiger partial charge in [0, 0.05) is 13.1 Å². The van der Waals surface area contributed by atoms with Crippen molar-refractivity contribution >= 4 is 17.7 Å². The Bertz CT molecular complexity index is 400. The van der Waals surface area contributed by atoms with E-state index < -0.39 is 0 Å². The maximum atomic E-state index is 11.3. The van der Waals surface area contributed by atoms with Crippen LogP contribution in [0.2, 0.25) is 0 Å². The van der Waals surface area contributed by atoms with Gasteiger partial charge >= 0.3 is 5.97 Å². The van der Waals surface area contributed by atoms with Crippen LogP contribution in [0.4, 0.5) is 11.8 Å². The number of rotatable bonds is 3. The number of carbonyl (C=O) groups excluding carboxylic acids is 1. The number of aromatic nitrogens is 2. The Hall–Kier alpha value is -1.72. The zero-order chi connectivity index (χ0) is 11.5. The lowest BCUT2D eigenvalue weighted by Gasteiger charge is -2.15. The van der Waals surface area contributed by atoms with Gasteiger partial charge in [0.2, 0.25) is 5.95 Å². The molecule has 6 nitrogen and oxygen atoms in total. The molecule has 3 N–H and O–H groups in total. The van der Waals surface area contributed by atoms with Crippen molar-refractivity contribution in [1.82, 2.24) is 9.55 Å². The molecule has 0 aliphatic carbocycles. The molecule has 6 heteroatoms. The average Bonchev–Trinajstić information content (AvgIpc) is 2.57. The number of nitrogens with zero attached hydrogens (tertiary/aromatic N) is 2. The molecule has 0 spiro atoms. The summed E-state index contributed by atoms with van der Waals surface area (Å²) in [5.41, 5.74) is 6.52. The number of fused-ring (bicyclic) bond motifs is 1. The number of ether oxygens (including phenoxy) is 1. The van der Waals surface area contributed by atoms with Gasteiger partial charge in [-0.1, -0.05) is 0 Å². The van der Waals surface area contributed by atoms with Crippen molar-refractivity contribution in [2.45, 2.75) is 26.3 Å². The molecule has 0 atom stereocenters. The van der Waals surface area contributed by atoms with Crippen LogP contribution in [0.5, 0.6) is 0 Å². The van der Waals surface area contributed by atoms with Crippen molar-refractivity contribution in [3.05, 3.63) is 5.69 Å². The standard InChI is InChI=1S/C10H16N4O2/c1-2-16-8(15)6-7-9(11)14-5-3-4-12-10(14)13-7/h2-6,11H2,1H3,(H,12,13). The monoisotopic (exact) mass is 224 g/mol. The molecule has 1 aromatic heterocycles. The molecule has 0 aromatic carbocycles. The van der Waals surface area contributed by atoms with Gasteiger partial charge < -0.3 is 15.8 Å². The fraction of sp³-hybridized carbons (Fsp3) is 0.600. The summed E-state index contributed by atoms with van der Waals surface area (Å²) < 4.78 is 6.77. The third kappa shape index (κ3) is 1.95. The summed E-state index contributed by atoms with van der Waals surface area (Å²) in [5.74, 6) is 1.03. The fourth-order valence-electron chi connectivity index (χ4n) is 1.79. The first-order chi connectivity index (χ1) is 7.72. The van der Waals surface area contributed by atoms with E-state index in [9.17, 15) is 4.79 Å². The number of nitrogens with two attached hydrogens (primary N) is 1. The molecule has 16 heavy (non-hydrogen) atoms. The Balaban J connectivity index is 2.15. The summed E-state index contributed by atoms with van der Waals surface area (Å²) in [4.78, 5) is 15.6. The highest BCUT2D eigenvalue weighted by Crippen LogP contribution is 2.22. The van der Waals surface area contributed by atoms with Crippen LogP contribution >= 0.6 is 0 Å². The van der Waals surface area contributed by atoms with Crippen molar-refractivity contribution in [3.8, 4) is 0 Å². The van der Waals surface area contributed by atoms with E-state index in [1.807, 2.05) is 4.57 Å². The normalized spacial score (nSPS) is 14.1. The lowest BCUT2D eigenvalue weighted by Crippen LogP contribution is -2.18. The summed E-state index contributed by atoms with van der Waals surface area (Å²) in [6.45, 7) is 3.91. The second-order valence-corrected chi connectivity index (χ2v) is 3.68. The molecule has 1 aliphatic rings. The van der Waals surface area contributed by atoms with Gasteiger partial charge in [0.05, 0.1) is 18.7 Å². The smallest absolute Gasteiger partial charge is 0.312 e. The molecule has 1 aromatic rings. The number of carbonyl (C=O) groups is 1. The first-order valence-electron chi connectivity index (χ1n) is 5.46. The predicted molar refractivity (Wildman–Crippen MR) is 60.1 cm³/mol. The molecule has 2 heterocycles. The van der Waals surface area contributed by atoms with Crippen LogP contribution < -0.4 is 11.1 Å². The molecule has 2 rings (SSSR count). The highest BCUT2D eigenvalue weighted by Gasteiger charge is 2.19. The molecular weight excluding hydrogens is 208 g/mol. The first kappa shape index (κ1) is 10.8. The van der Waals surface area contributed by atoms with Gasteiger partial charge in [0.1, 0.15) is 5.82 Å². The van der Waals surface area contributed by atoms with Gasteiger partial charge in [0.15, 0.2) is 0 Å². The van der Waals surface area contributed by atoms with E-state index in [4.69, 9.17) is 10.5 Å². The van der Waals surface area contributed by atoms with E-state index >= 15 is 0 Å². The number of anilines is 2. The molecule has 0 amide bonds. The Kier molecular flexibility index (Phi) is 2.98. The Morgan fingerprint density at radius 2 is 2.50 bits per heavy atom. The molecule has 0 saturated carbocycles. The van der Waals surface area contributed by atoms with E-state index in [1.54, 1.807) is 6.92 Å². The Labute approximate surface area is 93.8 Å². The van der Waals surface area contributed by atoms with Crippen molar-refractivity contribution in [1.29, 1.82) is 0 Å². The van der Waals surface area contributed by atoms with Gasteiger partial charge in [0.25, 0.3) is 0 Å². The van der Waals surface area contributed by atoms with E-state index in [2.05, 4.69) is 10.3 Å². The maximum Gasteiger partial charge on any atom is 0.312 e. The summed E-state index contributed by atoms with van der Waals surface area (Å²) in [5, 5.41) is 3.15. The summed E-state index contributed by atoms with van der Waals surface area (Å²) in [6.07, 6.45) is 1.16. The minimum absolute atomic E-state index is 0.140. The highest BCUT2D eigenvalue weighted by atomic mass is 16.5. The van der Waals surface area contributed by atoms with Crippen LogP contribution in [-0.2, 0) is 22.5 Å². The van der Waals surface area contributed by atoms with E-state index in [-0.39, 0.29) is 12.4 Å². The van der Waals surface area contributed by atoms with Gasteiger partial charge in [-0.05, 0) is 13.3 Å². The summed E-state index contributed by atoms with van der Waals surface area (Å²) in [7, 11) is 0. The van der Waals surface area contributed by atoms with Crippen LogP contribution in [0, 0.1) is 0 Å². The van der Waals surface area contributed by atoms with E-state index in [0.717, 1.165) is 25.5 Å². The third-order valence-electron chi connectivity index (χ3n) is 2.54. The van der Waals surface area contributed by atoms with Crippen LogP contribution in [0.1, 0.15) is 19.0 Å². The molecule has 0 radical (unpaired) electrons. The average molecular weight is 224 g/mol. The summed E-state index contributed by atoms with van der Waals surface area (Å²) >= 11 is 0. The topological polar surface area (TPSA) is 82.2 Å². The SMILES string of the molecule is CCOC(=O)Cc1nc2n(c1N)CCCN2. The van der Waals surface area contributed by atoms with Crippen LogP contribution in [0.15, 0.2) is 0 Å². The first-order valence-corrected chi connectivity index (χ1v) is 5.46. The number of nitrogen functional groups attached to an aromatic ring is 1. The number of nitrogens with one attached hydrogen (secondary N) is 1. The van der Waals surface area contributed by atoms with Gasteiger partial charge in [-0.25, -0.2) is 4.98 Å². The number of hydrogen-bond donors (Lipinski definition) is 2. The molecule has 88 valence electrons. The molecule has 1 aliphatic heterocycles. The zero-order valence-electron chi connectivity index (χ0n) is 9.32. The molecule has 0 bridgehead atoms. The van der Waals surface area contributed by atoms with Crippen LogP contribution in [0.25, 0.3) is 0 Å². The second kappa shape index (κ2) is 4.42. The second-order valence-electron chi connectivity index (χ2n) is 3.68. The van der Waals surface area contributed by atoms with Crippen LogP contribution in [0.3, 0.4) is 0 Å². The largest absolute Gasteiger partial charge is 0.466 e. The molecular formula is C10H16N4O2. The number of esters is 1. The molecule has 0 fully saturated rings. The lowest BCUT2D eigenvalue weighted by molar-refractivity contribution is -0.142. The third-order valence-corrected chi connectivity index (χ3v) is 2.54. The molecule has 0 unspecified atom stereocenters. The van der Waals surface area contributed by atoms with Crippen LogP contribution in [-0.4, -0.2) is 28.7 Å². The zero-order valence-corrected chi connectivity index (χ0v) is 9.32. The van der Waals surface area contributed by atoms with Gasteiger partial charge in [-0.3, -0.25) is 9.36 Å². The summed E-state index contributed by atoms with van der Waals surface area (Å²) in [6, 6.07) is 0.